The lowest BCUT2D eigenvalue weighted by molar-refractivity contribution is -0.402. The second-order valence-corrected chi connectivity index (χ2v) is 6.42. The first kappa shape index (κ1) is 17.4. The highest BCUT2D eigenvalue weighted by atomic mass is 35.5. The number of amides is 1. The quantitative estimate of drug-likeness (QED) is 0.648. The Labute approximate surface area is 149 Å². The zero-order chi connectivity index (χ0) is 17.9. The van der Waals surface area contributed by atoms with Crippen molar-refractivity contribution in [2.24, 2.45) is 0 Å². The standard InChI is InChI=1S/C17H17ClN2O5/c18-13-3-1-2-12(10-13)17(6-8-24-9-7-17)11-19-16(21)14-4-5-15(25-14)20(22)23/h1-5,10H,6-9,11H2,(H,19,21). The fourth-order valence-electron chi connectivity index (χ4n) is 3.03. The summed E-state index contributed by atoms with van der Waals surface area (Å²) in [5.41, 5.74) is 0.742. The van der Waals surface area contributed by atoms with Gasteiger partial charge in [-0.15, -0.1) is 0 Å². The number of carbonyl (C=O) groups is 1. The molecule has 0 spiro atoms. The van der Waals surface area contributed by atoms with Crippen LogP contribution in [0.25, 0.3) is 0 Å². The van der Waals surface area contributed by atoms with E-state index in [0.717, 1.165) is 24.5 Å². The molecule has 8 heteroatoms. The van der Waals surface area contributed by atoms with Crippen LogP contribution < -0.4 is 5.32 Å². The minimum absolute atomic E-state index is 0.0833. The number of hydrogen-bond donors (Lipinski definition) is 1. The lowest BCUT2D eigenvalue weighted by atomic mass is 9.74. The Balaban J connectivity index is 1.76. The topological polar surface area (TPSA) is 94.6 Å². The van der Waals surface area contributed by atoms with E-state index in [1.54, 1.807) is 6.07 Å². The van der Waals surface area contributed by atoms with Crippen LogP contribution in [0.15, 0.2) is 40.8 Å². The van der Waals surface area contributed by atoms with Crippen molar-refractivity contribution in [3.8, 4) is 0 Å². The second-order valence-electron chi connectivity index (χ2n) is 5.98. The maximum absolute atomic E-state index is 12.3. The molecule has 0 atom stereocenters. The van der Waals surface area contributed by atoms with Gasteiger partial charge < -0.3 is 14.5 Å². The van der Waals surface area contributed by atoms with Gasteiger partial charge in [-0.05, 0) is 36.6 Å². The summed E-state index contributed by atoms with van der Waals surface area (Å²) in [6.07, 6.45) is 1.48. The number of ether oxygens (including phenoxy) is 1. The van der Waals surface area contributed by atoms with Crippen LogP contribution >= 0.6 is 11.6 Å². The molecule has 0 bridgehead atoms. The van der Waals surface area contributed by atoms with Crippen LogP contribution in [0.2, 0.25) is 5.02 Å². The summed E-state index contributed by atoms with van der Waals surface area (Å²) >= 11 is 6.12. The van der Waals surface area contributed by atoms with Crippen LogP contribution in [0.1, 0.15) is 29.0 Å². The minimum Gasteiger partial charge on any atom is -0.395 e. The number of rotatable bonds is 5. The first-order chi connectivity index (χ1) is 12.0. The molecular weight excluding hydrogens is 348 g/mol. The van der Waals surface area contributed by atoms with Gasteiger partial charge in [0, 0.05) is 30.2 Å². The molecule has 1 N–H and O–H groups in total. The van der Waals surface area contributed by atoms with Crippen LogP contribution in [0.4, 0.5) is 5.88 Å². The highest BCUT2D eigenvalue weighted by Gasteiger charge is 2.35. The molecule has 1 aliphatic heterocycles. The van der Waals surface area contributed by atoms with E-state index in [-0.39, 0.29) is 11.2 Å². The molecule has 0 radical (unpaired) electrons. The van der Waals surface area contributed by atoms with Crippen molar-refractivity contribution in [3.05, 3.63) is 62.9 Å². The first-order valence-corrected chi connectivity index (χ1v) is 8.24. The molecular formula is C17H17ClN2O5. The van der Waals surface area contributed by atoms with Crippen molar-refractivity contribution in [2.45, 2.75) is 18.3 Å². The van der Waals surface area contributed by atoms with E-state index in [0.29, 0.717) is 24.8 Å². The maximum Gasteiger partial charge on any atom is 0.433 e. The van der Waals surface area contributed by atoms with E-state index in [1.165, 1.54) is 6.07 Å². The Kier molecular flexibility index (Phi) is 5.06. The molecule has 1 saturated heterocycles. The maximum atomic E-state index is 12.3. The highest BCUT2D eigenvalue weighted by molar-refractivity contribution is 6.30. The van der Waals surface area contributed by atoms with Gasteiger partial charge in [0.25, 0.3) is 5.91 Å². The van der Waals surface area contributed by atoms with Crippen molar-refractivity contribution in [1.29, 1.82) is 0 Å². The van der Waals surface area contributed by atoms with E-state index >= 15 is 0 Å². The molecule has 0 aliphatic carbocycles. The predicted octanol–water partition coefficient (Wildman–Crippen LogP) is 3.32. The molecule has 0 saturated carbocycles. The van der Waals surface area contributed by atoms with E-state index in [1.807, 2.05) is 18.2 Å². The summed E-state index contributed by atoms with van der Waals surface area (Å²) in [5.74, 6) is -1.03. The van der Waals surface area contributed by atoms with Crippen molar-refractivity contribution < 1.29 is 18.9 Å². The minimum atomic E-state index is -0.678. The molecule has 2 heterocycles. The van der Waals surface area contributed by atoms with Gasteiger partial charge in [-0.2, -0.15) is 0 Å². The van der Waals surface area contributed by atoms with E-state index in [4.69, 9.17) is 20.8 Å². The average molecular weight is 365 g/mol. The van der Waals surface area contributed by atoms with Crippen molar-refractivity contribution in [1.82, 2.24) is 5.32 Å². The van der Waals surface area contributed by atoms with Crippen molar-refractivity contribution in [3.63, 3.8) is 0 Å². The molecule has 2 aromatic rings. The molecule has 1 aliphatic rings. The van der Waals surface area contributed by atoms with Crippen LogP contribution in [0, 0.1) is 10.1 Å². The van der Waals surface area contributed by atoms with Gasteiger partial charge in [-0.3, -0.25) is 14.9 Å². The third kappa shape index (κ3) is 3.83. The van der Waals surface area contributed by atoms with Gasteiger partial charge in [0.15, 0.2) is 5.76 Å². The molecule has 1 aromatic carbocycles. The van der Waals surface area contributed by atoms with Gasteiger partial charge in [0.1, 0.15) is 4.92 Å². The summed E-state index contributed by atoms with van der Waals surface area (Å²) in [5, 5.41) is 14.1. The van der Waals surface area contributed by atoms with Gasteiger partial charge >= 0.3 is 5.88 Å². The SMILES string of the molecule is O=C(NCC1(c2cccc(Cl)c2)CCOCC1)c1ccc([N+](=O)[O-])o1. The highest BCUT2D eigenvalue weighted by Crippen LogP contribution is 2.35. The largest absolute Gasteiger partial charge is 0.433 e. The molecule has 1 aromatic heterocycles. The number of carbonyl (C=O) groups excluding carboxylic acids is 1. The Morgan fingerprint density at radius 1 is 1.28 bits per heavy atom. The number of halogens is 1. The van der Waals surface area contributed by atoms with Crippen LogP contribution in [0.5, 0.6) is 0 Å². The second kappa shape index (κ2) is 7.25. The fourth-order valence-corrected chi connectivity index (χ4v) is 3.22. The third-order valence-corrected chi connectivity index (χ3v) is 4.70. The molecule has 1 amide bonds. The zero-order valence-corrected chi connectivity index (χ0v) is 14.1. The van der Waals surface area contributed by atoms with Gasteiger partial charge in [0.05, 0.1) is 6.07 Å². The monoisotopic (exact) mass is 364 g/mol. The lowest BCUT2D eigenvalue weighted by Crippen LogP contribution is -2.44. The van der Waals surface area contributed by atoms with E-state index in [9.17, 15) is 14.9 Å². The van der Waals surface area contributed by atoms with Crippen LogP contribution in [0.3, 0.4) is 0 Å². The number of furan rings is 1. The van der Waals surface area contributed by atoms with Gasteiger partial charge in [0.2, 0.25) is 0 Å². The number of nitrogens with one attached hydrogen (secondary N) is 1. The summed E-state index contributed by atoms with van der Waals surface area (Å²) in [4.78, 5) is 22.3. The van der Waals surface area contributed by atoms with E-state index in [2.05, 4.69) is 5.32 Å². The summed E-state index contributed by atoms with van der Waals surface area (Å²) < 4.78 is 10.4. The Bertz CT molecular complexity index is 783. The fraction of sp³-hybridized carbons (Fsp3) is 0.353. The van der Waals surface area contributed by atoms with Crippen LogP contribution in [-0.4, -0.2) is 30.6 Å². The smallest absolute Gasteiger partial charge is 0.395 e. The van der Waals surface area contributed by atoms with Gasteiger partial charge in [-0.1, -0.05) is 23.7 Å². The molecule has 3 rings (SSSR count). The average Bonchev–Trinajstić information content (AvgIpc) is 3.11. The van der Waals surface area contributed by atoms with E-state index < -0.39 is 16.7 Å². The normalized spacial score (nSPS) is 16.4. The number of hydrogen-bond acceptors (Lipinski definition) is 5. The molecule has 132 valence electrons. The summed E-state index contributed by atoms with van der Waals surface area (Å²) in [7, 11) is 0. The Morgan fingerprint density at radius 2 is 2.04 bits per heavy atom. The molecule has 1 fully saturated rings. The first-order valence-electron chi connectivity index (χ1n) is 7.86. The number of nitrogens with zero attached hydrogens (tertiary/aromatic N) is 1. The van der Waals surface area contributed by atoms with Crippen LogP contribution in [-0.2, 0) is 10.2 Å². The molecule has 7 nitrogen and oxygen atoms in total. The number of benzene rings is 1. The Morgan fingerprint density at radius 3 is 2.68 bits per heavy atom. The van der Waals surface area contributed by atoms with Crippen molar-refractivity contribution in [2.75, 3.05) is 19.8 Å². The number of nitro groups is 1. The predicted molar refractivity (Wildman–Crippen MR) is 90.9 cm³/mol. The van der Waals surface area contributed by atoms with Crippen molar-refractivity contribution >= 4 is 23.4 Å². The zero-order valence-electron chi connectivity index (χ0n) is 13.4. The molecule has 25 heavy (non-hydrogen) atoms. The van der Waals surface area contributed by atoms with Gasteiger partial charge in [-0.25, -0.2) is 0 Å². The Hall–Kier alpha value is -2.38. The molecule has 0 unspecified atom stereocenters. The third-order valence-electron chi connectivity index (χ3n) is 4.47. The summed E-state index contributed by atoms with van der Waals surface area (Å²) in [6, 6.07) is 10.0. The summed E-state index contributed by atoms with van der Waals surface area (Å²) in [6.45, 7) is 1.55. The lowest BCUT2D eigenvalue weighted by Gasteiger charge is -2.38.